The number of carbonyl (C=O) groups is 1. The highest BCUT2D eigenvalue weighted by atomic mass is 19.3. The van der Waals surface area contributed by atoms with E-state index in [-0.39, 0.29) is 44.6 Å². The minimum absolute atomic E-state index is 0.0272. The van der Waals surface area contributed by atoms with Gasteiger partial charge in [0.2, 0.25) is 12.7 Å². The average molecular weight is 635 g/mol. The van der Waals surface area contributed by atoms with Crippen molar-refractivity contribution in [3.8, 4) is 0 Å². The molecule has 256 valence electrons. The van der Waals surface area contributed by atoms with E-state index in [1.165, 1.54) is 0 Å². The van der Waals surface area contributed by atoms with Crippen LogP contribution in [0.3, 0.4) is 0 Å². The fourth-order valence-corrected chi connectivity index (χ4v) is 4.47. The smallest absolute Gasteiger partial charge is 0.233 e. The monoisotopic (exact) mass is 634 g/mol. The Morgan fingerprint density at radius 3 is 2.30 bits per heavy atom. The molecule has 0 bridgehead atoms. The normalized spacial score (nSPS) is 35.5. The molecule has 12 N–H and O–H groups in total. The lowest BCUT2D eigenvalue weighted by Gasteiger charge is -2.42. The number of hydroxylamine groups is 2. The molecule has 3 aliphatic rings. The zero-order chi connectivity index (χ0) is 32.9. The van der Waals surface area contributed by atoms with Crippen LogP contribution in [0.4, 0.5) is 4.53 Å². The molecule has 0 aromatic heterocycles. The summed E-state index contributed by atoms with van der Waals surface area (Å²) in [5.41, 5.74) is 11.1. The summed E-state index contributed by atoms with van der Waals surface area (Å²) in [5, 5.41) is 63.7. The fourth-order valence-electron chi connectivity index (χ4n) is 4.47. The maximum atomic E-state index is 11.5. The number of carbonyl (C=O) groups excluding carboxylic acids is 1. The van der Waals surface area contributed by atoms with Crippen molar-refractivity contribution < 1.29 is 59.2 Å². The van der Waals surface area contributed by atoms with Crippen LogP contribution in [-0.4, -0.2) is 156 Å². The predicted molar refractivity (Wildman–Crippen MR) is 149 cm³/mol. The lowest BCUT2D eigenvalue weighted by molar-refractivity contribution is -0.299. The summed E-state index contributed by atoms with van der Waals surface area (Å²) in [6, 6.07) is -1.10. The first kappa shape index (κ1) is 41.4. The van der Waals surface area contributed by atoms with Crippen LogP contribution in [-0.2, 0) is 23.9 Å². The second kappa shape index (κ2) is 23.8. The van der Waals surface area contributed by atoms with Crippen LogP contribution in [0.25, 0.3) is 0 Å². The third kappa shape index (κ3) is 15.3. The zero-order valence-electron chi connectivity index (χ0n) is 24.9. The highest BCUT2D eigenvalue weighted by molar-refractivity contribution is 5.44. The zero-order valence-corrected chi connectivity index (χ0v) is 24.9. The molecule has 2 heterocycles. The maximum Gasteiger partial charge on any atom is 0.233 e. The summed E-state index contributed by atoms with van der Waals surface area (Å²) in [6.07, 6.45) is -4.51. The molecule has 2 saturated heterocycles. The van der Waals surface area contributed by atoms with Gasteiger partial charge in [-0.25, -0.2) is 5.06 Å². The highest BCUT2D eigenvalue weighted by Crippen LogP contribution is 2.27. The molecule has 43 heavy (non-hydrogen) atoms. The summed E-state index contributed by atoms with van der Waals surface area (Å²) < 4.78 is 27.7. The van der Waals surface area contributed by atoms with E-state index in [0.717, 1.165) is 13.7 Å². The number of amides is 1. The number of aliphatic hydroxyl groups excluding tert-OH is 5. The molecule has 0 aromatic carbocycles. The predicted octanol–water partition coefficient (Wildman–Crippen LogP) is -3.58. The number of halogens is 1. The van der Waals surface area contributed by atoms with Crippen LogP contribution >= 0.6 is 0 Å². The van der Waals surface area contributed by atoms with Crippen molar-refractivity contribution >= 4 is 6.41 Å². The number of nitrogens with zero attached hydrogens (tertiary/aromatic N) is 2. The number of hydrogen-bond donors (Lipinski definition) is 10. The van der Waals surface area contributed by atoms with E-state index in [9.17, 15) is 29.5 Å². The summed E-state index contributed by atoms with van der Waals surface area (Å²) in [4.78, 5) is 22.8. The van der Waals surface area contributed by atoms with Crippen molar-refractivity contribution in [3.63, 3.8) is 0 Å². The van der Waals surface area contributed by atoms with E-state index in [1.54, 1.807) is 0 Å². The summed E-state index contributed by atoms with van der Waals surface area (Å²) >= 11 is 0. The maximum absolute atomic E-state index is 11.5. The molecule has 0 radical (unpaired) electrons. The Labute approximate surface area is 250 Å². The quantitative estimate of drug-likeness (QED) is 0.0455. The van der Waals surface area contributed by atoms with Gasteiger partial charge in [-0.1, -0.05) is 12.1 Å². The SMILES string of the molecule is CCNCC1O[C@H](O[C@@H]2C(N)CC(NC)CC2O)CC(O)[C@@H]1O.CO.NCCN(O)C=O.O=NC1CC(O)COC1OF. The van der Waals surface area contributed by atoms with E-state index >= 15 is 0 Å². The first-order valence-corrected chi connectivity index (χ1v) is 14.0. The lowest BCUT2D eigenvalue weighted by Crippen LogP contribution is -2.58. The Kier molecular flexibility index (Phi) is 22.9. The molecule has 0 spiro atoms. The van der Waals surface area contributed by atoms with Gasteiger partial charge in [-0.05, 0) is 31.0 Å². The van der Waals surface area contributed by atoms with Gasteiger partial charge in [0.1, 0.15) is 24.4 Å². The Morgan fingerprint density at radius 1 is 1.14 bits per heavy atom. The molecule has 1 amide bonds. The summed E-state index contributed by atoms with van der Waals surface area (Å²) in [5.74, 6) is 0. The number of nitrogens with one attached hydrogen (secondary N) is 2. The average Bonchev–Trinajstić information content (AvgIpc) is 3.01. The number of rotatable bonds is 11. The number of hydrogen-bond acceptors (Lipinski definition) is 17. The van der Waals surface area contributed by atoms with Crippen molar-refractivity contribution in [1.82, 2.24) is 15.7 Å². The highest BCUT2D eigenvalue weighted by Gasteiger charge is 2.42. The molecule has 1 saturated carbocycles. The molecule has 0 aromatic rings. The second-order valence-corrected chi connectivity index (χ2v) is 9.90. The van der Waals surface area contributed by atoms with Crippen LogP contribution in [0.15, 0.2) is 5.18 Å². The van der Waals surface area contributed by atoms with E-state index in [2.05, 4.69) is 25.5 Å². The van der Waals surface area contributed by atoms with Crippen molar-refractivity contribution in [3.05, 3.63) is 4.91 Å². The Morgan fingerprint density at radius 2 is 1.81 bits per heavy atom. The van der Waals surface area contributed by atoms with Gasteiger partial charge >= 0.3 is 0 Å². The minimum atomic E-state index is -1.25. The van der Waals surface area contributed by atoms with Crippen molar-refractivity contribution in [2.45, 2.75) is 99.9 Å². The molecule has 3 fully saturated rings. The van der Waals surface area contributed by atoms with Crippen molar-refractivity contribution in [2.24, 2.45) is 16.6 Å². The molecule has 8 unspecified atom stereocenters. The number of nitroso groups, excluding NO2 is 1. The van der Waals surface area contributed by atoms with Gasteiger partial charge in [0, 0.05) is 45.1 Å². The molecular weight excluding hydrogens is 583 g/mol. The minimum Gasteiger partial charge on any atom is -0.400 e. The first-order valence-electron chi connectivity index (χ1n) is 14.0. The molecule has 3 rings (SSSR count). The summed E-state index contributed by atoms with van der Waals surface area (Å²) in [6.45, 7) is 3.58. The molecule has 2 aliphatic heterocycles. The lowest BCUT2D eigenvalue weighted by atomic mass is 9.86. The second-order valence-electron chi connectivity index (χ2n) is 9.90. The van der Waals surface area contributed by atoms with Gasteiger partial charge in [-0.2, -0.15) is 9.85 Å². The molecule has 1 aliphatic carbocycles. The Bertz CT molecular complexity index is 714. The van der Waals surface area contributed by atoms with Crippen LogP contribution < -0.4 is 22.1 Å². The van der Waals surface area contributed by atoms with Crippen LogP contribution in [0.1, 0.15) is 32.6 Å². The fraction of sp³-hybridized carbons (Fsp3) is 0.958. The Balaban J connectivity index is 0.000000729. The van der Waals surface area contributed by atoms with E-state index in [1.807, 2.05) is 14.0 Å². The van der Waals surface area contributed by atoms with E-state index < -0.39 is 55.2 Å². The van der Waals surface area contributed by atoms with Gasteiger partial charge in [0.15, 0.2) is 6.29 Å². The molecular formula is C24H51FN6O12. The third-order valence-electron chi connectivity index (χ3n) is 6.72. The topological polar surface area (TPSA) is 284 Å². The van der Waals surface area contributed by atoms with Gasteiger partial charge in [0.25, 0.3) is 0 Å². The number of ether oxygens (including phenoxy) is 3. The Hall–Kier alpha value is -1.56. The number of aliphatic hydroxyl groups is 5. The molecule has 18 nitrogen and oxygen atoms in total. The van der Waals surface area contributed by atoms with E-state index in [0.29, 0.717) is 30.9 Å². The van der Waals surface area contributed by atoms with Crippen LogP contribution in [0.5, 0.6) is 0 Å². The van der Waals surface area contributed by atoms with Gasteiger partial charge in [-0.15, -0.1) is 0 Å². The number of likely N-dealkylation sites (N-methyl/N-ethyl adjacent to an activating group) is 1. The van der Waals surface area contributed by atoms with Crippen LogP contribution in [0.2, 0.25) is 0 Å². The first-order chi connectivity index (χ1) is 20.5. The molecule has 19 heteroatoms. The van der Waals surface area contributed by atoms with E-state index in [4.69, 9.17) is 36.4 Å². The third-order valence-corrected chi connectivity index (χ3v) is 6.72. The van der Waals surface area contributed by atoms with Gasteiger partial charge < -0.3 is 61.8 Å². The summed E-state index contributed by atoms with van der Waals surface area (Å²) in [7, 11) is 2.85. The van der Waals surface area contributed by atoms with Gasteiger partial charge in [0.05, 0.1) is 31.5 Å². The largest absolute Gasteiger partial charge is 0.400 e. The molecule has 11 atom stereocenters. The van der Waals surface area contributed by atoms with Crippen molar-refractivity contribution in [2.75, 3.05) is 46.9 Å². The van der Waals surface area contributed by atoms with Gasteiger partial charge in [-0.3, -0.25) is 10.0 Å². The number of nitrogens with two attached hydrogens (primary N) is 2. The van der Waals surface area contributed by atoms with Crippen molar-refractivity contribution in [1.29, 1.82) is 0 Å². The standard InChI is InChI=1S/C15H31N3O5.C5H8FNO4.C3H8N2O2.CH4O/c1-3-18-7-12-14(21)10(19)6-13(22-12)23-15-9(16)4-8(17-2)5-11(15)20;6-11-5-4(7-9)1-3(8)2-10-5;4-1-2-5(7)3-6;1-2/h8-15,17-21H,3-7,16H2,1-2H3;3-5,8H,1-2H2;3,7H,1-2,4H2;2H,1H3/t8?,9?,10?,11?,12?,13-,14+,15-;;;/m1.../s1. The van der Waals surface area contributed by atoms with Crippen LogP contribution in [0, 0.1) is 4.91 Å².